The van der Waals surface area contributed by atoms with Crippen molar-refractivity contribution < 1.29 is 9.59 Å². The lowest BCUT2D eigenvalue weighted by atomic mass is 10.4. The van der Waals surface area contributed by atoms with E-state index in [0.29, 0.717) is 13.1 Å². The van der Waals surface area contributed by atoms with Crippen LogP contribution < -0.4 is 10.6 Å². The monoisotopic (exact) mass is 128 g/mol. The summed E-state index contributed by atoms with van der Waals surface area (Å²) in [5.41, 5.74) is 0. The Balaban J connectivity index is 2.47. The van der Waals surface area contributed by atoms with Gasteiger partial charge in [-0.25, -0.2) is 0 Å². The van der Waals surface area contributed by atoms with E-state index in [4.69, 9.17) is 0 Å². The molecule has 9 heavy (non-hydrogen) atoms. The molecule has 1 saturated heterocycles. The zero-order valence-electron chi connectivity index (χ0n) is 4.94. The zero-order chi connectivity index (χ0) is 6.69. The number of amides is 2. The molecule has 1 aliphatic rings. The first-order chi connectivity index (χ1) is 4.29. The molecular weight excluding hydrogens is 120 g/mol. The normalized spacial score (nSPS) is 20.0. The summed E-state index contributed by atoms with van der Waals surface area (Å²) in [6.07, 6.45) is -0.0278. The van der Waals surface area contributed by atoms with Crippen LogP contribution in [-0.2, 0) is 9.59 Å². The minimum Gasteiger partial charge on any atom is -0.354 e. The van der Waals surface area contributed by atoms with Crippen LogP contribution in [0.5, 0.6) is 0 Å². The fourth-order valence-electron chi connectivity index (χ4n) is 0.675. The summed E-state index contributed by atoms with van der Waals surface area (Å²) in [4.78, 5) is 21.0. The molecule has 0 aromatic heterocycles. The number of hydrogen-bond acceptors (Lipinski definition) is 2. The molecule has 4 nitrogen and oxygen atoms in total. The first-order valence-electron chi connectivity index (χ1n) is 2.82. The third kappa shape index (κ3) is 1.71. The summed E-state index contributed by atoms with van der Waals surface area (Å²) in [6.45, 7) is 1.09. The third-order valence-electron chi connectivity index (χ3n) is 1.09. The highest BCUT2D eigenvalue weighted by Gasteiger charge is 2.11. The summed E-state index contributed by atoms with van der Waals surface area (Å²) in [5, 5.41) is 5.11. The van der Waals surface area contributed by atoms with Crippen molar-refractivity contribution >= 4 is 11.8 Å². The van der Waals surface area contributed by atoms with E-state index in [1.807, 2.05) is 0 Å². The third-order valence-corrected chi connectivity index (χ3v) is 1.09. The summed E-state index contributed by atoms with van der Waals surface area (Å²) in [7, 11) is 0. The second-order valence-corrected chi connectivity index (χ2v) is 1.88. The number of hydrogen-bond donors (Lipinski definition) is 2. The molecule has 1 heterocycles. The maximum atomic E-state index is 10.5. The maximum Gasteiger partial charge on any atom is 0.229 e. The number of carbonyl (C=O) groups is 2. The molecule has 2 amide bonds. The highest BCUT2D eigenvalue weighted by atomic mass is 16.2. The van der Waals surface area contributed by atoms with E-state index < -0.39 is 0 Å². The number of nitrogens with one attached hydrogen (secondary N) is 2. The SMILES string of the molecule is O=C1CC(=O)NCCN1. The van der Waals surface area contributed by atoms with Gasteiger partial charge in [-0.15, -0.1) is 0 Å². The van der Waals surface area contributed by atoms with Gasteiger partial charge in [0.15, 0.2) is 0 Å². The predicted octanol–water partition coefficient (Wildman–Crippen LogP) is -1.38. The molecule has 50 valence electrons. The molecule has 0 radical (unpaired) electrons. The van der Waals surface area contributed by atoms with E-state index in [0.717, 1.165) is 0 Å². The Hall–Kier alpha value is -1.06. The van der Waals surface area contributed by atoms with Crippen LogP contribution >= 0.6 is 0 Å². The van der Waals surface area contributed by atoms with Gasteiger partial charge in [0.1, 0.15) is 6.42 Å². The maximum absolute atomic E-state index is 10.5. The van der Waals surface area contributed by atoms with E-state index in [2.05, 4.69) is 10.6 Å². The van der Waals surface area contributed by atoms with Crippen molar-refractivity contribution in [3.8, 4) is 0 Å². The van der Waals surface area contributed by atoms with Gasteiger partial charge in [-0.2, -0.15) is 0 Å². The smallest absolute Gasteiger partial charge is 0.229 e. The first-order valence-corrected chi connectivity index (χ1v) is 2.82. The van der Waals surface area contributed by atoms with Gasteiger partial charge in [0.05, 0.1) is 0 Å². The lowest BCUT2D eigenvalue weighted by Gasteiger charge is -1.93. The van der Waals surface area contributed by atoms with Gasteiger partial charge in [-0.1, -0.05) is 0 Å². The quantitative estimate of drug-likeness (QED) is 0.395. The molecule has 0 saturated carbocycles. The summed E-state index contributed by atoms with van der Waals surface area (Å²) >= 11 is 0. The van der Waals surface area contributed by atoms with Gasteiger partial charge in [0.2, 0.25) is 11.8 Å². The van der Waals surface area contributed by atoms with E-state index in [1.54, 1.807) is 0 Å². The average Bonchev–Trinajstić information content (AvgIpc) is 1.93. The highest BCUT2D eigenvalue weighted by molar-refractivity contribution is 5.97. The Bertz CT molecular complexity index is 128. The molecule has 0 bridgehead atoms. The topological polar surface area (TPSA) is 58.2 Å². The number of carbonyl (C=O) groups excluding carboxylic acids is 2. The predicted molar refractivity (Wildman–Crippen MR) is 30.6 cm³/mol. The van der Waals surface area contributed by atoms with Gasteiger partial charge in [-0.3, -0.25) is 9.59 Å². The largest absolute Gasteiger partial charge is 0.354 e. The summed E-state index contributed by atoms with van der Waals surface area (Å²) in [5.74, 6) is -0.380. The van der Waals surface area contributed by atoms with Crippen LogP contribution in [0.15, 0.2) is 0 Å². The lowest BCUT2D eigenvalue weighted by molar-refractivity contribution is -0.127. The van der Waals surface area contributed by atoms with Crippen molar-refractivity contribution in [3.05, 3.63) is 0 Å². The van der Waals surface area contributed by atoms with Gasteiger partial charge in [0.25, 0.3) is 0 Å². The molecular formula is C5H8N2O2. The molecule has 0 unspecified atom stereocenters. The van der Waals surface area contributed by atoms with Crippen LogP contribution in [0.3, 0.4) is 0 Å². The second kappa shape index (κ2) is 2.48. The molecule has 4 heteroatoms. The average molecular weight is 128 g/mol. The standard InChI is InChI=1S/C5H8N2O2/c8-4-3-5(9)7-2-1-6-4/h1-3H2,(H,6,8)(H,7,9). The first kappa shape index (κ1) is 6.07. The van der Waals surface area contributed by atoms with Crippen LogP contribution in [-0.4, -0.2) is 24.9 Å². The zero-order valence-corrected chi connectivity index (χ0v) is 4.94. The van der Waals surface area contributed by atoms with Crippen molar-refractivity contribution in [2.45, 2.75) is 6.42 Å². The molecule has 0 aromatic carbocycles. The van der Waals surface area contributed by atoms with Crippen LogP contribution in [0, 0.1) is 0 Å². The van der Waals surface area contributed by atoms with Crippen molar-refractivity contribution in [3.63, 3.8) is 0 Å². The van der Waals surface area contributed by atoms with E-state index in [9.17, 15) is 9.59 Å². The Morgan fingerprint density at radius 3 is 1.89 bits per heavy atom. The Morgan fingerprint density at radius 1 is 1.00 bits per heavy atom. The fraction of sp³-hybridized carbons (Fsp3) is 0.600. The van der Waals surface area contributed by atoms with Crippen molar-refractivity contribution in [1.29, 1.82) is 0 Å². The minimum absolute atomic E-state index is 0.0278. The second-order valence-electron chi connectivity index (χ2n) is 1.88. The van der Waals surface area contributed by atoms with Crippen molar-refractivity contribution in [2.75, 3.05) is 13.1 Å². The fourth-order valence-corrected chi connectivity index (χ4v) is 0.675. The molecule has 1 fully saturated rings. The molecule has 0 aromatic rings. The molecule has 0 aliphatic carbocycles. The Labute approximate surface area is 52.6 Å². The van der Waals surface area contributed by atoms with E-state index in [-0.39, 0.29) is 18.2 Å². The Kier molecular flexibility index (Phi) is 1.67. The van der Waals surface area contributed by atoms with Crippen LogP contribution in [0.25, 0.3) is 0 Å². The van der Waals surface area contributed by atoms with Crippen molar-refractivity contribution in [1.82, 2.24) is 10.6 Å². The molecule has 2 N–H and O–H groups in total. The number of rotatable bonds is 0. The van der Waals surface area contributed by atoms with Crippen LogP contribution in [0.1, 0.15) is 6.42 Å². The van der Waals surface area contributed by atoms with Gasteiger partial charge < -0.3 is 10.6 Å². The van der Waals surface area contributed by atoms with Gasteiger partial charge >= 0.3 is 0 Å². The molecule has 0 spiro atoms. The summed E-state index contributed by atoms with van der Waals surface area (Å²) < 4.78 is 0. The van der Waals surface area contributed by atoms with E-state index in [1.165, 1.54) is 0 Å². The van der Waals surface area contributed by atoms with Crippen molar-refractivity contribution in [2.24, 2.45) is 0 Å². The van der Waals surface area contributed by atoms with E-state index >= 15 is 0 Å². The Morgan fingerprint density at radius 2 is 1.44 bits per heavy atom. The molecule has 0 atom stereocenters. The van der Waals surface area contributed by atoms with Gasteiger partial charge in [-0.05, 0) is 0 Å². The minimum atomic E-state index is -0.190. The van der Waals surface area contributed by atoms with Crippen LogP contribution in [0.4, 0.5) is 0 Å². The highest BCUT2D eigenvalue weighted by Crippen LogP contribution is 1.82. The molecule has 1 aliphatic heterocycles. The van der Waals surface area contributed by atoms with Crippen LogP contribution in [0.2, 0.25) is 0 Å². The summed E-state index contributed by atoms with van der Waals surface area (Å²) in [6, 6.07) is 0. The van der Waals surface area contributed by atoms with Gasteiger partial charge in [0, 0.05) is 13.1 Å². The lowest BCUT2D eigenvalue weighted by Crippen LogP contribution is -2.25. The molecule has 1 rings (SSSR count).